The molecule has 25 heavy (non-hydrogen) atoms. The van der Waals surface area contributed by atoms with Crippen molar-refractivity contribution in [3.63, 3.8) is 0 Å². The van der Waals surface area contributed by atoms with E-state index in [0.717, 1.165) is 35.5 Å². The molecule has 0 aromatic heterocycles. The molecule has 0 atom stereocenters. The van der Waals surface area contributed by atoms with Crippen LogP contribution in [0.5, 0.6) is 11.5 Å². The van der Waals surface area contributed by atoms with E-state index in [-0.39, 0.29) is 5.91 Å². The summed E-state index contributed by atoms with van der Waals surface area (Å²) in [6.45, 7) is 4.74. The SMILES string of the molecule is CCOc1ccc(C(=O)NC2CC2)cc1COc1ccc(Cl)c(C)c1. The maximum Gasteiger partial charge on any atom is 0.251 e. The van der Waals surface area contributed by atoms with Crippen molar-refractivity contribution in [2.75, 3.05) is 6.61 Å². The molecule has 4 nitrogen and oxygen atoms in total. The van der Waals surface area contributed by atoms with Gasteiger partial charge in [-0.25, -0.2) is 0 Å². The molecule has 2 aromatic carbocycles. The largest absolute Gasteiger partial charge is 0.493 e. The van der Waals surface area contributed by atoms with Crippen LogP contribution in [0.15, 0.2) is 36.4 Å². The predicted octanol–water partition coefficient (Wildman–Crippen LogP) is 4.52. The fourth-order valence-electron chi connectivity index (χ4n) is 2.49. The number of halogens is 1. The molecule has 0 aliphatic heterocycles. The van der Waals surface area contributed by atoms with Crippen molar-refractivity contribution >= 4 is 17.5 Å². The number of aryl methyl sites for hydroxylation is 1. The topological polar surface area (TPSA) is 47.6 Å². The summed E-state index contributed by atoms with van der Waals surface area (Å²) in [7, 11) is 0. The number of rotatable bonds is 7. The van der Waals surface area contributed by atoms with Gasteiger partial charge in [-0.15, -0.1) is 0 Å². The molecule has 1 fully saturated rings. The molecule has 0 saturated heterocycles. The van der Waals surface area contributed by atoms with Gasteiger partial charge in [0, 0.05) is 22.2 Å². The van der Waals surface area contributed by atoms with E-state index in [4.69, 9.17) is 21.1 Å². The van der Waals surface area contributed by atoms with Crippen LogP contribution in [0.4, 0.5) is 0 Å². The highest BCUT2D eigenvalue weighted by Crippen LogP contribution is 2.26. The summed E-state index contributed by atoms with van der Waals surface area (Å²) < 4.78 is 11.5. The lowest BCUT2D eigenvalue weighted by Crippen LogP contribution is -2.25. The number of hydrogen-bond acceptors (Lipinski definition) is 3. The smallest absolute Gasteiger partial charge is 0.251 e. The van der Waals surface area contributed by atoms with Gasteiger partial charge in [0.1, 0.15) is 18.1 Å². The quantitative estimate of drug-likeness (QED) is 0.790. The Morgan fingerprint density at radius 2 is 2.00 bits per heavy atom. The average molecular weight is 360 g/mol. The number of amides is 1. The van der Waals surface area contributed by atoms with Crippen LogP contribution in [0.1, 0.15) is 41.3 Å². The summed E-state index contributed by atoms with van der Waals surface area (Å²) >= 11 is 6.05. The lowest BCUT2D eigenvalue weighted by molar-refractivity contribution is 0.0951. The maximum atomic E-state index is 12.3. The Morgan fingerprint density at radius 1 is 1.20 bits per heavy atom. The molecule has 1 aliphatic carbocycles. The van der Waals surface area contributed by atoms with E-state index in [1.807, 2.05) is 44.2 Å². The molecule has 0 bridgehead atoms. The van der Waals surface area contributed by atoms with Crippen LogP contribution in [-0.2, 0) is 6.61 Å². The molecule has 5 heteroatoms. The molecule has 3 rings (SSSR count). The summed E-state index contributed by atoms with van der Waals surface area (Å²) in [5, 5.41) is 3.71. The zero-order valence-electron chi connectivity index (χ0n) is 14.5. The fraction of sp³-hybridized carbons (Fsp3) is 0.350. The monoisotopic (exact) mass is 359 g/mol. The van der Waals surface area contributed by atoms with Gasteiger partial charge in [-0.1, -0.05) is 11.6 Å². The molecule has 1 N–H and O–H groups in total. The van der Waals surface area contributed by atoms with Gasteiger partial charge in [-0.2, -0.15) is 0 Å². The van der Waals surface area contributed by atoms with Gasteiger partial charge in [-0.3, -0.25) is 4.79 Å². The Balaban J connectivity index is 1.76. The third-order valence-electron chi connectivity index (χ3n) is 4.06. The molecule has 132 valence electrons. The lowest BCUT2D eigenvalue weighted by atomic mass is 10.1. The van der Waals surface area contributed by atoms with Crippen LogP contribution in [0, 0.1) is 6.92 Å². The molecular weight excluding hydrogens is 338 g/mol. The number of carbonyl (C=O) groups excluding carboxylic acids is 1. The first-order valence-electron chi connectivity index (χ1n) is 8.52. The minimum atomic E-state index is -0.0471. The van der Waals surface area contributed by atoms with E-state index in [9.17, 15) is 4.79 Å². The minimum Gasteiger partial charge on any atom is -0.493 e. The molecule has 1 aliphatic rings. The molecule has 0 unspecified atom stereocenters. The first kappa shape index (κ1) is 17.6. The maximum absolute atomic E-state index is 12.3. The Morgan fingerprint density at radius 3 is 2.68 bits per heavy atom. The van der Waals surface area contributed by atoms with Crippen LogP contribution in [-0.4, -0.2) is 18.6 Å². The van der Waals surface area contributed by atoms with E-state index in [1.165, 1.54) is 0 Å². The summed E-state index contributed by atoms with van der Waals surface area (Å²) in [5.74, 6) is 1.42. The molecule has 0 radical (unpaired) electrons. The second-order valence-electron chi connectivity index (χ2n) is 6.20. The number of nitrogens with one attached hydrogen (secondary N) is 1. The third-order valence-corrected chi connectivity index (χ3v) is 4.48. The van der Waals surface area contributed by atoms with E-state index in [1.54, 1.807) is 6.07 Å². The summed E-state index contributed by atoms with van der Waals surface area (Å²) in [4.78, 5) is 12.3. The first-order valence-corrected chi connectivity index (χ1v) is 8.90. The van der Waals surface area contributed by atoms with Crippen LogP contribution in [0.2, 0.25) is 5.02 Å². The van der Waals surface area contributed by atoms with Crippen LogP contribution in [0.25, 0.3) is 0 Å². The molecular formula is C20H22ClNO3. The summed E-state index contributed by atoms with van der Waals surface area (Å²) in [6, 6.07) is 11.3. The van der Waals surface area contributed by atoms with Crippen molar-refractivity contribution in [3.05, 3.63) is 58.1 Å². The van der Waals surface area contributed by atoms with Crippen molar-refractivity contribution in [2.45, 2.75) is 39.3 Å². The van der Waals surface area contributed by atoms with E-state index >= 15 is 0 Å². The van der Waals surface area contributed by atoms with Crippen molar-refractivity contribution in [1.82, 2.24) is 5.32 Å². The van der Waals surface area contributed by atoms with Crippen molar-refractivity contribution in [3.8, 4) is 11.5 Å². The standard InChI is InChI=1S/C20H22ClNO3/c1-3-24-19-9-4-14(20(23)22-16-5-6-16)11-15(19)12-25-17-7-8-18(21)13(2)10-17/h4,7-11,16H,3,5-6,12H2,1-2H3,(H,22,23). The Bertz CT molecular complexity index is 772. The Labute approximate surface area is 153 Å². The lowest BCUT2D eigenvalue weighted by Gasteiger charge is -2.14. The van der Waals surface area contributed by atoms with Crippen LogP contribution in [0.3, 0.4) is 0 Å². The Kier molecular flexibility index (Phi) is 5.49. The van der Waals surface area contributed by atoms with Gasteiger partial charge in [0.25, 0.3) is 5.91 Å². The zero-order valence-corrected chi connectivity index (χ0v) is 15.2. The predicted molar refractivity (Wildman–Crippen MR) is 98.6 cm³/mol. The summed E-state index contributed by atoms with van der Waals surface area (Å²) in [6.07, 6.45) is 2.13. The zero-order chi connectivity index (χ0) is 17.8. The number of benzene rings is 2. The average Bonchev–Trinajstić information content (AvgIpc) is 3.41. The van der Waals surface area contributed by atoms with E-state index in [0.29, 0.717) is 29.8 Å². The normalized spacial score (nSPS) is 13.4. The molecule has 1 amide bonds. The van der Waals surface area contributed by atoms with Crippen LogP contribution < -0.4 is 14.8 Å². The van der Waals surface area contributed by atoms with Gasteiger partial charge < -0.3 is 14.8 Å². The second-order valence-corrected chi connectivity index (χ2v) is 6.61. The molecule has 0 spiro atoms. The summed E-state index contributed by atoms with van der Waals surface area (Å²) in [5.41, 5.74) is 2.43. The Hall–Kier alpha value is -2.20. The van der Waals surface area contributed by atoms with Gasteiger partial charge >= 0.3 is 0 Å². The van der Waals surface area contributed by atoms with Crippen molar-refractivity contribution in [2.24, 2.45) is 0 Å². The highest BCUT2D eigenvalue weighted by Gasteiger charge is 2.24. The molecule has 1 saturated carbocycles. The second kappa shape index (κ2) is 7.79. The van der Waals surface area contributed by atoms with Gasteiger partial charge in [0.05, 0.1) is 6.61 Å². The number of ether oxygens (including phenoxy) is 2. The van der Waals surface area contributed by atoms with Crippen molar-refractivity contribution < 1.29 is 14.3 Å². The van der Waals surface area contributed by atoms with Crippen molar-refractivity contribution in [1.29, 1.82) is 0 Å². The third kappa shape index (κ3) is 4.67. The van der Waals surface area contributed by atoms with E-state index in [2.05, 4.69) is 5.32 Å². The number of carbonyl (C=O) groups is 1. The minimum absolute atomic E-state index is 0.0471. The van der Waals surface area contributed by atoms with Gasteiger partial charge in [0.2, 0.25) is 0 Å². The fourth-order valence-corrected chi connectivity index (χ4v) is 2.61. The molecule has 0 heterocycles. The van der Waals surface area contributed by atoms with E-state index < -0.39 is 0 Å². The molecule has 2 aromatic rings. The van der Waals surface area contributed by atoms with Gasteiger partial charge in [0.15, 0.2) is 0 Å². The number of hydrogen-bond donors (Lipinski definition) is 1. The highest BCUT2D eigenvalue weighted by molar-refractivity contribution is 6.31. The van der Waals surface area contributed by atoms with Gasteiger partial charge in [-0.05, 0) is 68.7 Å². The van der Waals surface area contributed by atoms with Crippen LogP contribution >= 0.6 is 11.6 Å². The first-order chi connectivity index (χ1) is 12.1. The highest BCUT2D eigenvalue weighted by atomic mass is 35.5.